The van der Waals surface area contributed by atoms with Gasteiger partial charge in [0.2, 0.25) is 0 Å². The van der Waals surface area contributed by atoms with E-state index in [9.17, 15) is 27.4 Å². The van der Waals surface area contributed by atoms with Crippen LogP contribution in [0, 0.1) is 0 Å². The quantitative estimate of drug-likeness (QED) is 0.172. The summed E-state index contributed by atoms with van der Waals surface area (Å²) in [7, 11) is -4.39. The average molecular weight is 482 g/mol. The summed E-state index contributed by atoms with van der Waals surface area (Å²) < 4.78 is 32.4. The number of urea groups is 1. The fourth-order valence-electron chi connectivity index (χ4n) is 5.08. The summed E-state index contributed by atoms with van der Waals surface area (Å²) in [5, 5.41) is 7.86. The number of imide groups is 2. The zero-order valence-corrected chi connectivity index (χ0v) is 19.7. The van der Waals surface area contributed by atoms with Crippen molar-refractivity contribution in [1.29, 1.82) is 0 Å². The lowest BCUT2D eigenvalue weighted by molar-refractivity contribution is -0.148. The van der Waals surface area contributed by atoms with Crippen molar-refractivity contribution in [3.63, 3.8) is 0 Å². The Bertz CT molecular complexity index is 967. The number of amides is 4. The average Bonchev–Trinajstić information content (AvgIpc) is 2.77. The monoisotopic (exact) mass is 481 g/mol. The topological polar surface area (TPSA) is 142 Å². The zero-order chi connectivity index (χ0) is 24.1. The fraction of sp³-hybridized carbons (Fsp3) is 0.591. The molecule has 0 atom stereocenters. The Kier molecular flexibility index (Phi) is 7.88. The van der Waals surface area contributed by atoms with E-state index in [1.54, 1.807) is 0 Å². The molecule has 0 radical (unpaired) electrons. The molecule has 4 N–H and O–H groups in total. The highest BCUT2D eigenvalue weighted by Gasteiger charge is 2.65. The van der Waals surface area contributed by atoms with E-state index < -0.39 is 33.5 Å². The van der Waals surface area contributed by atoms with Crippen molar-refractivity contribution >= 4 is 33.7 Å². The van der Waals surface area contributed by atoms with Crippen LogP contribution in [0.25, 0.3) is 0 Å². The number of quaternary nitrogens is 1. The largest absolute Gasteiger partial charge is 0.328 e. The van der Waals surface area contributed by atoms with Crippen LogP contribution in [0.4, 0.5) is 10.5 Å². The third-order valence-corrected chi connectivity index (χ3v) is 7.67. The minimum atomic E-state index is -4.39. The number of carbonyl (C=O) groups is 3. The summed E-state index contributed by atoms with van der Waals surface area (Å²) in [5.74, 6) is -1.27. The Morgan fingerprint density at radius 2 is 1.45 bits per heavy atom. The minimum Gasteiger partial charge on any atom is -0.306 e. The van der Waals surface area contributed by atoms with Crippen LogP contribution in [0.1, 0.15) is 51.9 Å². The van der Waals surface area contributed by atoms with Crippen molar-refractivity contribution in [2.45, 2.75) is 62.3 Å². The second-order valence-electron chi connectivity index (χ2n) is 8.75. The number of benzene rings is 1. The maximum absolute atomic E-state index is 13.4. The molecule has 2 aliphatic heterocycles. The second kappa shape index (κ2) is 10.3. The zero-order valence-electron chi connectivity index (χ0n) is 18.9. The molecule has 3 rings (SSSR count). The molecule has 0 aliphatic carbocycles. The highest BCUT2D eigenvalue weighted by Crippen LogP contribution is 2.40. The predicted octanol–water partition coefficient (Wildman–Crippen LogP) is 1.70. The number of piperazine rings is 1. The van der Waals surface area contributed by atoms with Crippen molar-refractivity contribution in [2.24, 2.45) is 0 Å². The predicted molar refractivity (Wildman–Crippen MR) is 123 cm³/mol. The number of unbranched alkanes of at least 4 members (excludes halogenated alkanes) is 5. The molecule has 0 bridgehead atoms. The number of hydrogen-bond acceptors (Lipinski definition) is 6. The first-order chi connectivity index (χ1) is 15.7. The molecule has 1 aromatic rings. The van der Waals surface area contributed by atoms with Crippen LogP contribution in [0.15, 0.2) is 29.2 Å². The van der Waals surface area contributed by atoms with Gasteiger partial charge in [-0.1, -0.05) is 39.0 Å². The van der Waals surface area contributed by atoms with Crippen LogP contribution >= 0.6 is 0 Å². The highest BCUT2D eigenvalue weighted by atomic mass is 32.2. The molecule has 11 heteroatoms. The smallest absolute Gasteiger partial charge is 0.306 e. The van der Waals surface area contributed by atoms with E-state index in [-0.39, 0.29) is 15.8 Å². The molecule has 1 aromatic carbocycles. The number of nitrogens with zero attached hydrogens (tertiary/aromatic N) is 1. The Balaban J connectivity index is 2.04. The number of rotatable bonds is 10. The molecule has 2 fully saturated rings. The van der Waals surface area contributed by atoms with E-state index in [0.29, 0.717) is 38.3 Å². The standard InChI is InChI=1S/C22H32N4O6S/c1-2-3-4-5-6-7-12-22(19(27)24-21(29)25-20(22)28)26(15-13-23-14-16-26)17-8-10-18(11-9-17)33(30,31)32/h8-11,23H,2-7,12-16H2,1H3,(H2-,24,25,27,28,29,30,31,32)/p+1. The summed E-state index contributed by atoms with van der Waals surface area (Å²) in [6.45, 7) is 4.00. The van der Waals surface area contributed by atoms with Crippen LogP contribution in [-0.2, 0) is 19.7 Å². The molecule has 2 aliphatic rings. The summed E-state index contributed by atoms with van der Waals surface area (Å²) in [5.41, 5.74) is -0.991. The van der Waals surface area contributed by atoms with Gasteiger partial charge in [-0.25, -0.2) is 4.79 Å². The molecule has 33 heavy (non-hydrogen) atoms. The van der Waals surface area contributed by atoms with E-state index >= 15 is 0 Å². The van der Waals surface area contributed by atoms with Gasteiger partial charge in [-0.05, 0) is 18.6 Å². The lowest BCUT2D eigenvalue weighted by Gasteiger charge is -2.53. The van der Waals surface area contributed by atoms with Gasteiger partial charge in [0.15, 0.2) is 0 Å². The van der Waals surface area contributed by atoms with Gasteiger partial charge in [0.25, 0.3) is 27.5 Å². The normalized spacial score (nSPS) is 20.2. The Hall–Kier alpha value is -2.34. The summed E-state index contributed by atoms with van der Waals surface area (Å²) >= 11 is 0. The van der Waals surface area contributed by atoms with E-state index in [1.807, 2.05) is 0 Å². The third-order valence-electron chi connectivity index (χ3n) is 6.80. The third kappa shape index (κ3) is 4.96. The van der Waals surface area contributed by atoms with Crippen LogP contribution in [0.2, 0.25) is 0 Å². The number of barbiturate groups is 1. The summed E-state index contributed by atoms with van der Waals surface area (Å²) in [6, 6.07) is 4.78. The SMILES string of the molecule is CCCCCCCCC1([N+]2(c3ccc(S(=O)(=O)O)cc3)CCNCC2)C(=O)NC(=O)NC1=O. The highest BCUT2D eigenvalue weighted by molar-refractivity contribution is 7.85. The molecule has 0 spiro atoms. The van der Waals surface area contributed by atoms with Crippen LogP contribution in [0.3, 0.4) is 0 Å². The van der Waals surface area contributed by atoms with Gasteiger partial charge in [-0.2, -0.15) is 8.42 Å². The molecule has 0 saturated carbocycles. The first-order valence-corrected chi connectivity index (χ1v) is 12.9. The molecule has 10 nitrogen and oxygen atoms in total. The molecular weight excluding hydrogens is 448 g/mol. The first-order valence-electron chi connectivity index (χ1n) is 11.5. The van der Waals surface area contributed by atoms with Crippen molar-refractivity contribution in [1.82, 2.24) is 20.4 Å². The van der Waals surface area contributed by atoms with Gasteiger partial charge in [0, 0.05) is 31.6 Å². The molecule has 2 saturated heterocycles. The van der Waals surface area contributed by atoms with E-state index in [1.165, 1.54) is 24.3 Å². The Labute approximate surface area is 194 Å². The van der Waals surface area contributed by atoms with Crippen molar-refractivity contribution in [3.05, 3.63) is 24.3 Å². The van der Waals surface area contributed by atoms with Gasteiger partial charge in [0.05, 0.1) is 18.0 Å². The lowest BCUT2D eigenvalue weighted by Crippen LogP contribution is -2.83. The first kappa shape index (κ1) is 25.3. The molecule has 2 heterocycles. The van der Waals surface area contributed by atoms with E-state index in [0.717, 1.165) is 32.1 Å². The number of nitrogens with one attached hydrogen (secondary N) is 3. The van der Waals surface area contributed by atoms with Gasteiger partial charge < -0.3 is 5.32 Å². The van der Waals surface area contributed by atoms with Gasteiger partial charge in [-0.3, -0.25) is 29.3 Å². The van der Waals surface area contributed by atoms with Gasteiger partial charge in [-0.15, -0.1) is 0 Å². The van der Waals surface area contributed by atoms with Crippen molar-refractivity contribution in [2.75, 3.05) is 26.2 Å². The Morgan fingerprint density at radius 1 is 0.909 bits per heavy atom. The fourth-order valence-corrected chi connectivity index (χ4v) is 5.56. The van der Waals surface area contributed by atoms with Crippen molar-refractivity contribution < 1.29 is 27.4 Å². The van der Waals surface area contributed by atoms with Crippen LogP contribution in [-0.4, -0.2) is 62.5 Å². The summed E-state index contributed by atoms with van der Waals surface area (Å²) in [4.78, 5) is 38.5. The minimum absolute atomic E-state index is 0.0360. The molecule has 0 aromatic heterocycles. The van der Waals surface area contributed by atoms with Gasteiger partial charge >= 0.3 is 6.03 Å². The molecule has 0 unspecified atom stereocenters. The number of hydrogen-bond donors (Lipinski definition) is 4. The molecule has 4 amide bonds. The Morgan fingerprint density at radius 3 is 2.00 bits per heavy atom. The van der Waals surface area contributed by atoms with Gasteiger partial charge in [0.1, 0.15) is 5.69 Å². The van der Waals surface area contributed by atoms with Crippen molar-refractivity contribution in [3.8, 4) is 0 Å². The lowest BCUT2D eigenvalue weighted by atomic mass is 9.82. The maximum Gasteiger partial charge on any atom is 0.328 e. The molecular formula is C22H33N4O6S+. The van der Waals surface area contributed by atoms with Crippen LogP contribution in [0.5, 0.6) is 0 Å². The van der Waals surface area contributed by atoms with E-state index in [2.05, 4.69) is 22.9 Å². The second-order valence-corrected chi connectivity index (χ2v) is 10.2. The van der Waals surface area contributed by atoms with Crippen LogP contribution < -0.4 is 20.4 Å². The van der Waals surface area contributed by atoms with E-state index in [4.69, 9.17) is 0 Å². The maximum atomic E-state index is 13.4. The molecule has 182 valence electrons. The summed E-state index contributed by atoms with van der Waals surface area (Å²) in [6.07, 6.45) is 6.07. The number of carbonyl (C=O) groups excluding carboxylic acids is 3.